The number of ether oxygens (including phenoxy) is 7. The Balaban J connectivity index is 1.23. The molecule has 4 bridgehead atoms. The molecule has 264 valence electrons. The Morgan fingerprint density at radius 1 is 1.04 bits per heavy atom. The van der Waals surface area contributed by atoms with Crippen LogP contribution in [0.3, 0.4) is 0 Å². The molecule has 1 aromatic rings. The molecule has 12 atom stereocenters. The molecule has 48 heavy (non-hydrogen) atoms. The van der Waals surface area contributed by atoms with E-state index in [1.807, 2.05) is 30.3 Å². The molecule has 6 aliphatic rings. The SMILES string of the molecule is CO[C@H]1[C@@H](O)[C@H](OC(=O)OCc2ccccc2)[C@H](OCC23CC4C(C)CCC4C4(C5OCCO5)CC2C=C(C(C)C)C34C(=O)O)O[C@@H]1C. The Bertz CT molecular complexity index is 1390. The molecule has 2 N–H and O–H groups in total. The van der Waals surface area contributed by atoms with Crippen molar-refractivity contribution in [1.82, 2.24) is 0 Å². The standard InChI is InChI=1S/C37H50O11/c1-20(2)27-15-24-16-36(33-43-13-14-44-33)26-12-11-21(3)25(26)17-35(24,37(27,36)32(39)40)19-46-31-30(28(38)29(42-5)22(4)47-31)48-34(41)45-18-23-9-7-6-8-10-23/h6-10,15,20-22,24-26,28-31,33,38H,11-14,16-19H2,1-5H3,(H,39,40)/t21?,22-,24?,25?,26?,28-,29-,30+,31-,35?,36?,37?/m1/s1. The highest BCUT2D eigenvalue weighted by Crippen LogP contribution is 2.84. The quantitative estimate of drug-likeness (QED) is 0.258. The molecule has 2 aliphatic heterocycles. The highest BCUT2D eigenvalue weighted by atomic mass is 16.8. The molecule has 7 unspecified atom stereocenters. The number of carboxylic acids is 1. The average molecular weight is 671 g/mol. The van der Waals surface area contributed by atoms with Crippen LogP contribution < -0.4 is 0 Å². The van der Waals surface area contributed by atoms with Crippen LogP contribution in [0.1, 0.15) is 58.9 Å². The van der Waals surface area contributed by atoms with Crippen molar-refractivity contribution < 1.29 is 53.0 Å². The molecule has 5 fully saturated rings. The minimum atomic E-state index is -1.29. The minimum absolute atomic E-state index is 0.0112. The van der Waals surface area contributed by atoms with E-state index in [-0.39, 0.29) is 36.9 Å². The van der Waals surface area contributed by atoms with E-state index in [4.69, 9.17) is 33.2 Å². The van der Waals surface area contributed by atoms with Gasteiger partial charge in [0.05, 0.1) is 25.9 Å². The summed E-state index contributed by atoms with van der Waals surface area (Å²) >= 11 is 0. The van der Waals surface area contributed by atoms with Crippen LogP contribution in [-0.2, 0) is 44.6 Å². The van der Waals surface area contributed by atoms with E-state index in [1.54, 1.807) is 6.92 Å². The smallest absolute Gasteiger partial charge is 0.481 e. The predicted molar refractivity (Wildman–Crippen MR) is 170 cm³/mol. The topological polar surface area (TPSA) is 139 Å². The molecule has 0 radical (unpaired) electrons. The van der Waals surface area contributed by atoms with Crippen molar-refractivity contribution in [3.63, 3.8) is 0 Å². The summed E-state index contributed by atoms with van der Waals surface area (Å²) in [5.41, 5.74) is -1.19. The van der Waals surface area contributed by atoms with Gasteiger partial charge in [0.15, 0.2) is 18.7 Å². The fraction of sp³-hybridized carbons (Fsp3) is 0.730. The normalized spacial score (nSPS) is 43.3. The summed E-state index contributed by atoms with van der Waals surface area (Å²) in [7, 11) is 1.46. The Labute approximate surface area is 282 Å². The number of aliphatic hydroxyl groups excluding tert-OH is 1. The van der Waals surface area contributed by atoms with E-state index in [0.717, 1.165) is 24.0 Å². The van der Waals surface area contributed by atoms with Crippen LogP contribution in [-0.4, -0.2) is 86.3 Å². The number of hydrogen-bond donors (Lipinski definition) is 2. The van der Waals surface area contributed by atoms with Gasteiger partial charge in [-0.05, 0) is 61.3 Å². The van der Waals surface area contributed by atoms with Crippen molar-refractivity contribution in [2.24, 2.45) is 45.8 Å². The fourth-order valence-electron chi connectivity index (χ4n) is 11.2. The van der Waals surface area contributed by atoms with Crippen molar-refractivity contribution >= 4 is 12.1 Å². The lowest BCUT2D eigenvalue weighted by molar-refractivity contribution is -0.311. The van der Waals surface area contributed by atoms with Gasteiger partial charge in [0.2, 0.25) is 0 Å². The van der Waals surface area contributed by atoms with Crippen molar-refractivity contribution in [3.05, 3.63) is 47.5 Å². The van der Waals surface area contributed by atoms with Crippen LogP contribution in [0.15, 0.2) is 42.0 Å². The first-order valence-electron chi connectivity index (χ1n) is 17.6. The number of benzene rings is 1. The van der Waals surface area contributed by atoms with E-state index in [2.05, 4.69) is 26.8 Å². The molecular formula is C37H50O11. The average Bonchev–Trinajstić information content (AvgIpc) is 3.83. The Morgan fingerprint density at radius 3 is 2.44 bits per heavy atom. The van der Waals surface area contributed by atoms with E-state index < -0.39 is 65.4 Å². The second-order valence-electron chi connectivity index (χ2n) is 15.3. The second-order valence-corrected chi connectivity index (χ2v) is 15.3. The number of methoxy groups -OCH3 is 1. The molecule has 0 amide bonds. The largest absolute Gasteiger partial charge is 0.509 e. The zero-order valence-corrected chi connectivity index (χ0v) is 28.5. The molecular weight excluding hydrogens is 620 g/mol. The summed E-state index contributed by atoms with van der Waals surface area (Å²) < 4.78 is 42.2. The first kappa shape index (κ1) is 33.9. The summed E-state index contributed by atoms with van der Waals surface area (Å²) in [6, 6.07) is 9.21. The third-order valence-corrected chi connectivity index (χ3v) is 12.9. The van der Waals surface area contributed by atoms with Crippen LogP contribution >= 0.6 is 0 Å². The van der Waals surface area contributed by atoms with Crippen LogP contribution in [0.2, 0.25) is 0 Å². The summed E-state index contributed by atoms with van der Waals surface area (Å²) in [6.07, 6.45) is -1.28. The van der Waals surface area contributed by atoms with Gasteiger partial charge in [-0.3, -0.25) is 4.79 Å². The summed E-state index contributed by atoms with van der Waals surface area (Å²) in [6.45, 7) is 9.07. The van der Waals surface area contributed by atoms with Crippen LogP contribution in [0.4, 0.5) is 4.79 Å². The Morgan fingerprint density at radius 2 is 1.77 bits per heavy atom. The summed E-state index contributed by atoms with van der Waals surface area (Å²) in [5.74, 6) is -0.159. The van der Waals surface area contributed by atoms with E-state index in [0.29, 0.717) is 32.0 Å². The zero-order chi connectivity index (χ0) is 34.0. The molecule has 0 spiro atoms. The van der Waals surface area contributed by atoms with Crippen LogP contribution in [0.25, 0.3) is 0 Å². The number of carboxylic acid groups (broad SMARTS) is 1. The summed E-state index contributed by atoms with van der Waals surface area (Å²) in [5, 5.41) is 23.1. The first-order valence-corrected chi connectivity index (χ1v) is 17.6. The molecule has 2 heterocycles. The van der Waals surface area contributed by atoms with Crippen molar-refractivity contribution in [2.75, 3.05) is 26.9 Å². The lowest BCUT2D eigenvalue weighted by Crippen LogP contribution is -2.67. The molecule has 11 heteroatoms. The number of fused-ring (bicyclic) bond motifs is 2. The number of carbonyl (C=O) groups is 2. The molecule has 4 aliphatic carbocycles. The van der Waals surface area contributed by atoms with Gasteiger partial charge >= 0.3 is 12.1 Å². The van der Waals surface area contributed by atoms with Crippen molar-refractivity contribution in [1.29, 1.82) is 0 Å². The lowest BCUT2D eigenvalue weighted by atomic mass is 9.42. The Hall–Kier alpha value is -2.54. The predicted octanol–water partition coefficient (Wildman–Crippen LogP) is 4.94. The number of allylic oxidation sites excluding steroid dienone is 1. The molecule has 3 saturated carbocycles. The lowest BCUT2D eigenvalue weighted by Gasteiger charge is -2.61. The highest BCUT2D eigenvalue weighted by molar-refractivity contribution is 5.85. The van der Waals surface area contributed by atoms with Gasteiger partial charge in [0, 0.05) is 17.9 Å². The molecule has 2 saturated heterocycles. The zero-order valence-electron chi connectivity index (χ0n) is 28.5. The maximum atomic E-state index is 14.2. The van der Waals surface area contributed by atoms with Crippen LogP contribution in [0, 0.1) is 45.8 Å². The maximum absolute atomic E-state index is 14.2. The van der Waals surface area contributed by atoms with Gasteiger partial charge in [-0.25, -0.2) is 4.79 Å². The third kappa shape index (κ3) is 4.75. The van der Waals surface area contributed by atoms with Gasteiger partial charge in [0.1, 0.15) is 24.2 Å². The van der Waals surface area contributed by atoms with Gasteiger partial charge < -0.3 is 43.4 Å². The number of hydrogen-bond acceptors (Lipinski definition) is 10. The molecule has 1 aromatic carbocycles. The number of aliphatic hydroxyl groups is 1. The van der Waals surface area contributed by atoms with E-state index in [1.165, 1.54) is 7.11 Å². The van der Waals surface area contributed by atoms with E-state index in [9.17, 15) is 19.8 Å². The van der Waals surface area contributed by atoms with Gasteiger partial charge in [0.25, 0.3) is 0 Å². The van der Waals surface area contributed by atoms with Gasteiger partial charge in [-0.2, -0.15) is 0 Å². The monoisotopic (exact) mass is 670 g/mol. The number of aliphatic carboxylic acids is 1. The number of carbonyl (C=O) groups excluding carboxylic acids is 1. The van der Waals surface area contributed by atoms with Crippen molar-refractivity contribution in [3.8, 4) is 0 Å². The van der Waals surface area contributed by atoms with Gasteiger partial charge in [-0.1, -0.05) is 69.2 Å². The van der Waals surface area contributed by atoms with Gasteiger partial charge in [-0.15, -0.1) is 0 Å². The number of rotatable bonds is 10. The molecule has 11 nitrogen and oxygen atoms in total. The maximum Gasteiger partial charge on any atom is 0.509 e. The Kier molecular flexibility index (Phi) is 8.95. The first-order chi connectivity index (χ1) is 23.0. The fourth-order valence-corrected chi connectivity index (χ4v) is 11.2. The van der Waals surface area contributed by atoms with Crippen LogP contribution in [0.5, 0.6) is 0 Å². The van der Waals surface area contributed by atoms with Crippen molar-refractivity contribution in [2.45, 2.75) is 97.0 Å². The highest BCUT2D eigenvalue weighted by Gasteiger charge is 2.86. The minimum Gasteiger partial charge on any atom is -0.481 e. The summed E-state index contributed by atoms with van der Waals surface area (Å²) in [4.78, 5) is 27.2. The molecule has 7 rings (SSSR count). The second kappa shape index (κ2) is 12.7. The third-order valence-electron chi connectivity index (χ3n) is 12.9. The molecule has 0 aromatic heterocycles. The van der Waals surface area contributed by atoms with E-state index >= 15 is 0 Å².